The van der Waals surface area contributed by atoms with Crippen molar-refractivity contribution in [1.82, 2.24) is 9.78 Å². The number of nitrogens with two attached hydrogens (primary N) is 1. The molecule has 0 spiro atoms. The van der Waals surface area contributed by atoms with Crippen LogP contribution < -0.4 is 5.73 Å². The van der Waals surface area contributed by atoms with E-state index >= 15 is 0 Å². The molecule has 0 aromatic carbocycles. The van der Waals surface area contributed by atoms with Crippen LogP contribution in [0.25, 0.3) is 0 Å². The van der Waals surface area contributed by atoms with Crippen molar-refractivity contribution in [2.45, 2.75) is 13.5 Å². The van der Waals surface area contributed by atoms with Crippen molar-refractivity contribution < 1.29 is 0 Å². The molecule has 66 valence electrons. The summed E-state index contributed by atoms with van der Waals surface area (Å²) in [5.74, 6) is 11.4. The molecule has 1 heterocycles. The highest BCUT2D eigenvalue weighted by atomic mass is 15.3. The van der Waals surface area contributed by atoms with E-state index in [-0.39, 0.29) is 0 Å². The normalized spacial score (nSPS) is 8.15. The third kappa shape index (κ3) is 3.02. The Balaban J connectivity index is 2.67. The number of hydrogen-bond acceptors (Lipinski definition) is 2. The molecule has 0 saturated carbocycles. The van der Waals surface area contributed by atoms with Crippen LogP contribution in [0.3, 0.4) is 0 Å². The molecule has 3 nitrogen and oxygen atoms in total. The third-order valence-corrected chi connectivity index (χ3v) is 1.39. The van der Waals surface area contributed by atoms with E-state index in [0.717, 1.165) is 5.56 Å². The zero-order chi connectivity index (χ0) is 9.52. The lowest BCUT2D eigenvalue weighted by Crippen LogP contribution is -1.94. The first-order valence-electron chi connectivity index (χ1n) is 3.98. The lowest BCUT2D eigenvalue weighted by atomic mass is 10.4. The minimum atomic E-state index is 0.375. The van der Waals surface area contributed by atoms with Crippen LogP contribution in [0.1, 0.15) is 12.5 Å². The van der Waals surface area contributed by atoms with Gasteiger partial charge < -0.3 is 5.73 Å². The highest BCUT2D eigenvalue weighted by molar-refractivity contribution is 5.29. The van der Waals surface area contributed by atoms with Crippen LogP contribution in [0, 0.1) is 23.7 Å². The lowest BCUT2D eigenvalue weighted by molar-refractivity contribution is 0.715. The average molecular weight is 173 g/mol. The molecule has 13 heavy (non-hydrogen) atoms. The molecule has 0 aliphatic carbocycles. The Kier molecular flexibility index (Phi) is 3.63. The maximum Gasteiger partial charge on any atom is 0.102 e. The van der Waals surface area contributed by atoms with Gasteiger partial charge in [0, 0.05) is 6.20 Å². The van der Waals surface area contributed by atoms with Crippen LogP contribution in [0.4, 0.5) is 0 Å². The summed E-state index contributed by atoms with van der Waals surface area (Å²) >= 11 is 0. The van der Waals surface area contributed by atoms with Crippen molar-refractivity contribution in [3.63, 3.8) is 0 Å². The summed E-state index contributed by atoms with van der Waals surface area (Å²) in [6.45, 7) is 2.79. The summed E-state index contributed by atoms with van der Waals surface area (Å²) in [6.07, 6.45) is 3.56. The van der Waals surface area contributed by atoms with Crippen molar-refractivity contribution in [2.24, 2.45) is 5.73 Å². The molecule has 0 fully saturated rings. The molecule has 0 bridgehead atoms. The van der Waals surface area contributed by atoms with Gasteiger partial charge in [-0.25, -0.2) is 0 Å². The SMILES string of the molecule is CC#CCn1cc(C#CCN)cn1. The van der Waals surface area contributed by atoms with Crippen LogP contribution >= 0.6 is 0 Å². The predicted octanol–water partition coefficient (Wildman–Crippen LogP) is 0.217. The molecule has 0 amide bonds. The van der Waals surface area contributed by atoms with Gasteiger partial charge in [0.05, 0.1) is 18.3 Å². The molecular weight excluding hydrogens is 162 g/mol. The molecule has 3 heteroatoms. The van der Waals surface area contributed by atoms with E-state index in [9.17, 15) is 0 Å². The van der Waals surface area contributed by atoms with Gasteiger partial charge in [0.15, 0.2) is 0 Å². The second-order valence-corrected chi connectivity index (χ2v) is 2.36. The molecule has 1 aromatic heterocycles. The Bertz CT molecular complexity index is 382. The zero-order valence-corrected chi connectivity index (χ0v) is 7.54. The van der Waals surface area contributed by atoms with Gasteiger partial charge in [-0.1, -0.05) is 17.8 Å². The molecular formula is C10H11N3. The quantitative estimate of drug-likeness (QED) is 0.617. The topological polar surface area (TPSA) is 43.8 Å². The van der Waals surface area contributed by atoms with E-state index in [4.69, 9.17) is 5.73 Å². The van der Waals surface area contributed by atoms with Crippen LogP contribution in [-0.2, 0) is 6.54 Å². The van der Waals surface area contributed by atoms with Gasteiger partial charge in [-0.05, 0) is 6.92 Å². The van der Waals surface area contributed by atoms with E-state index in [1.54, 1.807) is 17.8 Å². The van der Waals surface area contributed by atoms with E-state index < -0.39 is 0 Å². The van der Waals surface area contributed by atoms with E-state index in [2.05, 4.69) is 28.8 Å². The van der Waals surface area contributed by atoms with Gasteiger partial charge >= 0.3 is 0 Å². The van der Waals surface area contributed by atoms with Gasteiger partial charge in [-0.2, -0.15) is 5.10 Å². The molecule has 1 rings (SSSR count). The molecule has 0 atom stereocenters. The fourth-order valence-electron chi connectivity index (χ4n) is 0.828. The van der Waals surface area contributed by atoms with Crippen molar-refractivity contribution in [1.29, 1.82) is 0 Å². The largest absolute Gasteiger partial charge is 0.320 e. The maximum absolute atomic E-state index is 5.24. The Morgan fingerprint density at radius 2 is 2.38 bits per heavy atom. The molecule has 0 saturated heterocycles. The van der Waals surface area contributed by atoms with Crippen LogP contribution in [0.15, 0.2) is 12.4 Å². The first kappa shape index (κ1) is 9.38. The first-order chi connectivity index (χ1) is 6.36. The highest BCUT2D eigenvalue weighted by Gasteiger charge is 1.91. The fourth-order valence-corrected chi connectivity index (χ4v) is 0.828. The Labute approximate surface area is 77.9 Å². The minimum absolute atomic E-state index is 0.375. The van der Waals surface area contributed by atoms with Crippen molar-refractivity contribution in [2.75, 3.05) is 6.54 Å². The molecule has 1 aromatic rings. The van der Waals surface area contributed by atoms with Crippen molar-refractivity contribution >= 4 is 0 Å². The minimum Gasteiger partial charge on any atom is -0.320 e. The van der Waals surface area contributed by atoms with Crippen LogP contribution in [0.5, 0.6) is 0 Å². The summed E-state index contributed by atoms with van der Waals surface area (Å²) in [5.41, 5.74) is 6.12. The van der Waals surface area contributed by atoms with Crippen molar-refractivity contribution in [3.8, 4) is 23.7 Å². The Hall–Kier alpha value is -1.71. The molecule has 0 radical (unpaired) electrons. The predicted molar refractivity (Wildman–Crippen MR) is 51.6 cm³/mol. The van der Waals surface area contributed by atoms with Gasteiger partial charge in [0.2, 0.25) is 0 Å². The summed E-state index contributed by atoms with van der Waals surface area (Å²) < 4.78 is 1.75. The number of nitrogens with zero attached hydrogens (tertiary/aromatic N) is 2. The number of aromatic nitrogens is 2. The number of rotatable bonds is 1. The monoisotopic (exact) mass is 173 g/mol. The second kappa shape index (κ2) is 5.03. The number of hydrogen-bond donors (Lipinski definition) is 1. The molecule has 0 aliphatic heterocycles. The van der Waals surface area contributed by atoms with Gasteiger partial charge in [-0.15, -0.1) is 5.92 Å². The van der Waals surface area contributed by atoms with E-state index in [1.165, 1.54) is 0 Å². The fraction of sp³-hybridized carbons (Fsp3) is 0.300. The van der Waals surface area contributed by atoms with Gasteiger partial charge in [0.25, 0.3) is 0 Å². The standard InChI is InChI=1S/C10H11N3/c1-2-3-7-13-9-10(8-12-13)5-4-6-11/h8-9H,6-7,11H2,1H3. The van der Waals surface area contributed by atoms with Crippen LogP contribution in [-0.4, -0.2) is 16.3 Å². The Morgan fingerprint density at radius 3 is 3.08 bits per heavy atom. The zero-order valence-electron chi connectivity index (χ0n) is 7.54. The molecule has 0 aliphatic rings. The highest BCUT2D eigenvalue weighted by Crippen LogP contribution is 1.93. The molecule has 2 N–H and O–H groups in total. The summed E-state index contributed by atoms with van der Waals surface area (Å²) in [5, 5.41) is 4.08. The lowest BCUT2D eigenvalue weighted by Gasteiger charge is -1.88. The smallest absolute Gasteiger partial charge is 0.102 e. The first-order valence-corrected chi connectivity index (χ1v) is 3.98. The molecule has 0 unspecified atom stereocenters. The van der Waals surface area contributed by atoms with E-state index in [1.807, 2.05) is 6.20 Å². The second-order valence-electron chi connectivity index (χ2n) is 2.36. The summed E-state index contributed by atoms with van der Waals surface area (Å²) in [4.78, 5) is 0. The van der Waals surface area contributed by atoms with Crippen LogP contribution in [0.2, 0.25) is 0 Å². The third-order valence-electron chi connectivity index (χ3n) is 1.39. The van der Waals surface area contributed by atoms with Gasteiger partial charge in [0.1, 0.15) is 6.54 Å². The maximum atomic E-state index is 5.24. The van der Waals surface area contributed by atoms with Gasteiger partial charge in [-0.3, -0.25) is 4.68 Å². The van der Waals surface area contributed by atoms with Crippen molar-refractivity contribution in [3.05, 3.63) is 18.0 Å². The average Bonchev–Trinajstić information content (AvgIpc) is 2.59. The Morgan fingerprint density at radius 1 is 1.54 bits per heavy atom. The summed E-state index contributed by atoms with van der Waals surface area (Å²) in [7, 11) is 0. The van der Waals surface area contributed by atoms with E-state index in [0.29, 0.717) is 13.1 Å². The summed E-state index contributed by atoms with van der Waals surface area (Å²) in [6, 6.07) is 0.